The molecule has 3 N–H and O–H groups in total. The number of hydrogen-bond donors (Lipinski definition) is 2. The number of H-pyrrole nitrogens is 1. The van der Waals surface area contributed by atoms with Crippen molar-refractivity contribution in [2.45, 2.75) is 19.3 Å². The lowest BCUT2D eigenvalue weighted by atomic mass is 9.98. The zero-order chi connectivity index (χ0) is 21.4. The van der Waals surface area contributed by atoms with Gasteiger partial charge in [0.2, 0.25) is 0 Å². The third-order valence-corrected chi connectivity index (χ3v) is 4.09. The fraction of sp³-hybridized carbons (Fsp3) is 0.158. The molecule has 0 amide bonds. The largest absolute Gasteiger partial charge is 0.416 e. The van der Waals surface area contributed by atoms with Crippen molar-refractivity contribution < 1.29 is 26.3 Å². The topological polar surface area (TPSA) is 67.1 Å². The van der Waals surface area contributed by atoms with Gasteiger partial charge >= 0.3 is 12.4 Å². The molecule has 2 heterocycles. The zero-order valence-electron chi connectivity index (χ0n) is 14.9. The van der Waals surface area contributed by atoms with Crippen LogP contribution < -0.4 is 5.73 Å². The van der Waals surface area contributed by atoms with E-state index in [9.17, 15) is 26.3 Å². The van der Waals surface area contributed by atoms with Gasteiger partial charge < -0.3 is 10.7 Å². The highest BCUT2D eigenvalue weighted by atomic mass is 19.4. The first-order valence-electron chi connectivity index (χ1n) is 8.19. The molecule has 0 saturated carbocycles. The number of hydrogen-bond acceptors (Lipinski definition) is 3. The molecule has 0 aliphatic carbocycles. The van der Waals surface area contributed by atoms with E-state index in [4.69, 9.17) is 5.73 Å². The highest BCUT2D eigenvalue weighted by Gasteiger charge is 2.37. The molecule has 0 aliphatic rings. The van der Waals surface area contributed by atoms with E-state index < -0.39 is 23.5 Å². The Morgan fingerprint density at radius 3 is 2.21 bits per heavy atom. The first kappa shape index (κ1) is 20.4. The summed E-state index contributed by atoms with van der Waals surface area (Å²) in [5.41, 5.74) is 3.49. The van der Waals surface area contributed by atoms with E-state index in [1.54, 1.807) is 18.3 Å². The molecule has 0 bridgehead atoms. The van der Waals surface area contributed by atoms with Crippen LogP contribution in [0.1, 0.15) is 23.6 Å². The van der Waals surface area contributed by atoms with Gasteiger partial charge in [-0.3, -0.25) is 4.99 Å². The van der Waals surface area contributed by atoms with Crippen LogP contribution in [0.5, 0.6) is 0 Å². The Labute approximate surface area is 160 Å². The van der Waals surface area contributed by atoms with E-state index >= 15 is 0 Å². The number of alkyl halides is 6. The van der Waals surface area contributed by atoms with E-state index in [2.05, 4.69) is 15.0 Å². The molecular weight excluding hydrogens is 398 g/mol. The van der Waals surface area contributed by atoms with Gasteiger partial charge in [0.25, 0.3) is 0 Å². The Bertz CT molecular complexity index is 1070. The monoisotopic (exact) mass is 412 g/mol. The van der Waals surface area contributed by atoms with Crippen molar-refractivity contribution in [3.8, 4) is 0 Å². The van der Waals surface area contributed by atoms with Gasteiger partial charge in [0.15, 0.2) is 0 Å². The lowest BCUT2D eigenvalue weighted by Crippen LogP contribution is -2.12. The van der Waals surface area contributed by atoms with Crippen molar-refractivity contribution in [1.29, 1.82) is 0 Å². The minimum absolute atomic E-state index is 0.0144. The second-order valence-electron chi connectivity index (χ2n) is 6.22. The van der Waals surface area contributed by atoms with Crippen LogP contribution in [0.3, 0.4) is 0 Å². The van der Waals surface area contributed by atoms with Gasteiger partial charge in [-0.25, -0.2) is 4.98 Å². The summed E-state index contributed by atoms with van der Waals surface area (Å²) in [4.78, 5) is 11.2. The lowest BCUT2D eigenvalue weighted by Gasteiger charge is -2.15. The van der Waals surface area contributed by atoms with Crippen LogP contribution in [0, 0.1) is 0 Å². The van der Waals surface area contributed by atoms with Gasteiger partial charge in [-0.15, -0.1) is 0 Å². The first-order valence-corrected chi connectivity index (χ1v) is 8.19. The predicted octanol–water partition coefficient (Wildman–Crippen LogP) is 5.69. The number of pyridine rings is 1. The SMILES string of the molecule is CC(N)=C(C=Nc1ccnc2[nH]ccc12)c1cc(C(F)(F)F)cc(C(F)(F)F)c1. The first-order chi connectivity index (χ1) is 13.5. The van der Waals surface area contributed by atoms with Crippen molar-refractivity contribution in [2.75, 3.05) is 0 Å². The van der Waals surface area contributed by atoms with Crippen molar-refractivity contribution >= 4 is 28.5 Å². The van der Waals surface area contributed by atoms with Crippen molar-refractivity contribution in [3.63, 3.8) is 0 Å². The maximum atomic E-state index is 13.1. The predicted molar refractivity (Wildman–Crippen MR) is 97.5 cm³/mol. The Morgan fingerprint density at radius 1 is 1.03 bits per heavy atom. The Kier molecular flexibility index (Phi) is 5.12. The fourth-order valence-electron chi connectivity index (χ4n) is 2.71. The van der Waals surface area contributed by atoms with Gasteiger partial charge in [0.1, 0.15) is 5.65 Å². The second kappa shape index (κ2) is 7.26. The standard InChI is InChI=1S/C19H14F6N4/c1-10(26)15(9-29-16-3-5-28-17-14(16)2-4-27-17)11-6-12(18(20,21)22)8-13(7-11)19(23,24)25/h2-9H,26H2,1H3,(H,27,28). The maximum Gasteiger partial charge on any atom is 0.416 e. The molecule has 1 aromatic carbocycles. The lowest BCUT2D eigenvalue weighted by molar-refractivity contribution is -0.143. The molecule has 0 spiro atoms. The molecule has 3 aromatic rings. The second-order valence-corrected chi connectivity index (χ2v) is 6.22. The summed E-state index contributed by atoms with van der Waals surface area (Å²) in [5, 5.41) is 0.637. The number of aromatic amines is 1. The molecule has 0 radical (unpaired) electrons. The average Bonchev–Trinajstić information content (AvgIpc) is 3.09. The summed E-state index contributed by atoms with van der Waals surface area (Å²) in [6.07, 6.45) is -5.67. The molecule has 29 heavy (non-hydrogen) atoms. The van der Waals surface area contributed by atoms with E-state index in [0.717, 1.165) is 6.21 Å². The van der Waals surface area contributed by atoms with E-state index in [1.165, 1.54) is 13.1 Å². The van der Waals surface area contributed by atoms with Crippen LogP contribution in [0.2, 0.25) is 0 Å². The molecule has 2 aromatic heterocycles. The number of aromatic nitrogens is 2. The van der Waals surface area contributed by atoms with E-state index in [0.29, 0.717) is 28.9 Å². The smallest absolute Gasteiger partial charge is 0.402 e. The molecule has 10 heteroatoms. The average molecular weight is 412 g/mol. The number of fused-ring (bicyclic) bond motifs is 1. The van der Waals surface area contributed by atoms with Crippen LogP contribution >= 0.6 is 0 Å². The molecule has 0 fully saturated rings. The Hall–Kier alpha value is -3.30. The number of benzene rings is 1. The summed E-state index contributed by atoms with van der Waals surface area (Å²) >= 11 is 0. The quantitative estimate of drug-likeness (QED) is 0.429. The molecule has 4 nitrogen and oxygen atoms in total. The minimum Gasteiger partial charge on any atom is -0.402 e. The van der Waals surface area contributed by atoms with Gasteiger partial charge in [0, 0.05) is 35.3 Å². The number of rotatable bonds is 3. The highest BCUT2D eigenvalue weighted by Crippen LogP contribution is 2.37. The molecule has 0 atom stereocenters. The van der Waals surface area contributed by atoms with Crippen LogP contribution in [0.15, 0.2) is 53.4 Å². The van der Waals surface area contributed by atoms with E-state index in [-0.39, 0.29) is 22.9 Å². The van der Waals surface area contributed by atoms with Gasteiger partial charge in [-0.2, -0.15) is 26.3 Å². The molecule has 3 rings (SSSR count). The van der Waals surface area contributed by atoms with E-state index in [1.807, 2.05) is 0 Å². The number of nitrogens with zero attached hydrogens (tertiary/aromatic N) is 2. The van der Waals surface area contributed by atoms with Gasteiger partial charge in [-0.1, -0.05) is 0 Å². The van der Waals surface area contributed by atoms with Crippen LogP contribution in [0.25, 0.3) is 16.6 Å². The van der Waals surface area contributed by atoms with Crippen molar-refractivity contribution in [3.05, 3.63) is 65.1 Å². The van der Waals surface area contributed by atoms with Crippen LogP contribution in [0.4, 0.5) is 32.0 Å². The molecular formula is C19H14F6N4. The summed E-state index contributed by atoms with van der Waals surface area (Å²) in [6.45, 7) is 1.37. The maximum absolute atomic E-state index is 13.1. The molecule has 152 valence electrons. The van der Waals surface area contributed by atoms with Crippen LogP contribution in [-0.2, 0) is 12.4 Å². The molecule has 0 aliphatic heterocycles. The third kappa shape index (κ3) is 4.41. The fourth-order valence-corrected chi connectivity index (χ4v) is 2.71. The van der Waals surface area contributed by atoms with Crippen molar-refractivity contribution in [1.82, 2.24) is 9.97 Å². The summed E-state index contributed by atoms with van der Waals surface area (Å²) in [6, 6.07) is 4.55. The summed E-state index contributed by atoms with van der Waals surface area (Å²) < 4.78 is 78.8. The van der Waals surface area contributed by atoms with Crippen LogP contribution in [-0.4, -0.2) is 16.2 Å². The number of halogens is 6. The van der Waals surface area contributed by atoms with Gasteiger partial charge in [0.05, 0.1) is 16.8 Å². The Balaban J connectivity index is 2.13. The number of allylic oxidation sites excluding steroid dienone is 2. The molecule has 0 unspecified atom stereocenters. The van der Waals surface area contributed by atoms with Crippen molar-refractivity contribution in [2.24, 2.45) is 10.7 Å². The number of nitrogens with two attached hydrogens (primary N) is 1. The third-order valence-electron chi connectivity index (χ3n) is 4.09. The summed E-state index contributed by atoms with van der Waals surface area (Å²) in [7, 11) is 0. The Morgan fingerprint density at radius 2 is 1.66 bits per heavy atom. The summed E-state index contributed by atoms with van der Waals surface area (Å²) in [5.74, 6) is 0. The minimum atomic E-state index is -4.96. The van der Waals surface area contributed by atoms with Gasteiger partial charge in [-0.05, 0) is 42.8 Å². The number of nitrogens with one attached hydrogen (secondary N) is 1. The zero-order valence-corrected chi connectivity index (χ0v) is 14.9. The highest BCUT2D eigenvalue weighted by molar-refractivity contribution is 6.12. The number of aliphatic imine (C=N–C) groups is 1. The normalized spacial score (nSPS) is 13.9. The molecule has 0 saturated heterocycles.